The number of nitrogens with zero attached hydrogens (tertiary/aromatic N) is 1. The van der Waals surface area contributed by atoms with Gasteiger partial charge in [0.2, 0.25) is 10.0 Å². The molecule has 1 aromatic heterocycles. The summed E-state index contributed by atoms with van der Waals surface area (Å²) in [6, 6.07) is 3.25. The van der Waals surface area contributed by atoms with E-state index in [0.29, 0.717) is 12.5 Å². The minimum atomic E-state index is -3.63. The largest absolute Gasteiger partial charge is 0.381 e. The lowest BCUT2D eigenvalue weighted by molar-refractivity contribution is 0.129. The van der Waals surface area contributed by atoms with E-state index < -0.39 is 10.0 Å². The van der Waals surface area contributed by atoms with E-state index in [9.17, 15) is 8.42 Å². The van der Waals surface area contributed by atoms with Crippen LogP contribution in [0.2, 0.25) is 0 Å². The van der Waals surface area contributed by atoms with Gasteiger partial charge < -0.3 is 15.4 Å². The van der Waals surface area contributed by atoms with Gasteiger partial charge in [0.25, 0.3) is 0 Å². The van der Waals surface area contributed by atoms with E-state index in [1.165, 1.54) is 6.07 Å². The van der Waals surface area contributed by atoms with E-state index in [1.807, 2.05) is 6.92 Å². The first-order valence-electron chi connectivity index (χ1n) is 8.18. The predicted octanol–water partition coefficient (Wildman–Crippen LogP) is 2.28. The Labute approximate surface area is 171 Å². The van der Waals surface area contributed by atoms with Crippen LogP contribution in [0.5, 0.6) is 0 Å². The highest BCUT2D eigenvalue weighted by molar-refractivity contribution is 14.0. The summed E-state index contributed by atoms with van der Waals surface area (Å²) in [6.07, 6.45) is 3.15. The Kier molecular flexibility index (Phi) is 13.5. The molecule has 0 spiro atoms. The molecule has 10 heteroatoms. The van der Waals surface area contributed by atoms with Crippen LogP contribution < -0.4 is 15.8 Å². The molecule has 0 fully saturated rings. The monoisotopic (exact) mass is 504 g/mol. The number of unbranched alkanes of at least 4 members (excludes halogenated alkanes) is 1. The van der Waals surface area contributed by atoms with Crippen LogP contribution in [0, 0.1) is 0 Å². The van der Waals surface area contributed by atoms with E-state index >= 15 is 0 Å². The smallest absolute Gasteiger partial charge is 0.247 e. The zero-order chi connectivity index (χ0) is 17.8. The molecular weight excluding hydrogens is 475 g/mol. The number of hydrogen-bond donors (Lipinski definition) is 3. The number of aliphatic imine (C=N–C) groups is 1. The van der Waals surface area contributed by atoms with Crippen LogP contribution in [0.15, 0.2) is 21.3 Å². The lowest BCUT2D eigenvalue weighted by Gasteiger charge is -2.11. The van der Waals surface area contributed by atoms with Gasteiger partial charge in [-0.15, -0.1) is 35.3 Å². The normalized spacial score (nSPS) is 11.9. The zero-order valence-corrected chi connectivity index (χ0v) is 18.7. The summed E-state index contributed by atoms with van der Waals surface area (Å²) in [7, 11) is -3.63. The Morgan fingerprint density at radius 2 is 1.96 bits per heavy atom. The van der Waals surface area contributed by atoms with E-state index in [2.05, 4.69) is 22.5 Å². The summed E-state index contributed by atoms with van der Waals surface area (Å²) >= 11 is 1.14. The van der Waals surface area contributed by atoms with Crippen molar-refractivity contribution in [1.82, 2.24) is 10.6 Å². The number of hydrogen-bond acceptors (Lipinski definition) is 5. The Balaban J connectivity index is 0.00000576. The molecule has 0 radical (unpaired) electrons. The highest BCUT2D eigenvalue weighted by atomic mass is 127. The molecule has 0 aliphatic rings. The predicted molar refractivity (Wildman–Crippen MR) is 114 cm³/mol. The fourth-order valence-corrected chi connectivity index (χ4v) is 3.53. The Hall–Kier alpha value is -0.430. The van der Waals surface area contributed by atoms with Gasteiger partial charge in [-0.1, -0.05) is 13.3 Å². The number of thiophene rings is 1. The van der Waals surface area contributed by atoms with E-state index in [0.717, 1.165) is 61.8 Å². The minimum Gasteiger partial charge on any atom is -0.381 e. The molecule has 0 aliphatic carbocycles. The molecular formula is C15H29IN4O3S2. The molecule has 0 amide bonds. The standard InChI is InChI=1S/C15H28N4O3S2.HI/c1-3-5-10-22-11-6-9-18-15(17-4-2)19-12-13-7-8-14(23-13)24(16,20)21;/h7-8H,3-6,9-12H2,1-2H3,(H2,16,20,21)(H2,17,18,19);1H. The molecule has 25 heavy (non-hydrogen) atoms. The van der Waals surface area contributed by atoms with E-state index in [4.69, 9.17) is 9.88 Å². The first-order valence-corrected chi connectivity index (χ1v) is 10.5. The maximum Gasteiger partial charge on any atom is 0.247 e. The zero-order valence-electron chi connectivity index (χ0n) is 14.8. The molecule has 1 rings (SSSR count). The van der Waals surface area contributed by atoms with E-state index in [1.54, 1.807) is 6.07 Å². The van der Waals surface area contributed by atoms with Gasteiger partial charge in [-0.3, -0.25) is 0 Å². The lowest BCUT2D eigenvalue weighted by Crippen LogP contribution is -2.38. The van der Waals surface area contributed by atoms with Crippen LogP contribution in [0.4, 0.5) is 0 Å². The van der Waals surface area contributed by atoms with Crippen LogP contribution in [-0.4, -0.2) is 40.7 Å². The summed E-state index contributed by atoms with van der Waals surface area (Å²) in [5.41, 5.74) is 0. The number of rotatable bonds is 11. The summed E-state index contributed by atoms with van der Waals surface area (Å²) in [5.74, 6) is 0.705. The van der Waals surface area contributed by atoms with Gasteiger partial charge in [0.1, 0.15) is 4.21 Å². The highest BCUT2D eigenvalue weighted by Crippen LogP contribution is 2.20. The highest BCUT2D eigenvalue weighted by Gasteiger charge is 2.10. The van der Waals surface area contributed by atoms with Crippen molar-refractivity contribution in [3.8, 4) is 0 Å². The van der Waals surface area contributed by atoms with Gasteiger partial charge in [-0.2, -0.15) is 0 Å². The summed E-state index contributed by atoms with van der Waals surface area (Å²) in [5, 5.41) is 11.5. The van der Waals surface area contributed by atoms with Gasteiger partial charge in [0.05, 0.1) is 6.54 Å². The number of ether oxygens (including phenoxy) is 1. The summed E-state index contributed by atoms with van der Waals surface area (Å²) in [6.45, 7) is 7.61. The molecule has 0 aliphatic heterocycles. The molecule has 0 unspecified atom stereocenters. The molecule has 0 bridgehead atoms. The van der Waals surface area contributed by atoms with Crippen molar-refractivity contribution in [2.24, 2.45) is 10.1 Å². The quantitative estimate of drug-likeness (QED) is 0.186. The van der Waals surface area contributed by atoms with E-state index in [-0.39, 0.29) is 28.2 Å². The van der Waals surface area contributed by atoms with Crippen molar-refractivity contribution < 1.29 is 13.2 Å². The Morgan fingerprint density at radius 1 is 1.24 bits per heavy atom. The van der Waals surface area contributed by atoms with Crippen LogP contribution in [0.25, 0.3) is 0 Å². The van der Waals surface area contributed by atoms with Crippen molar-refractivity contribution in [3.05, 3.63) is 17.0 Å². The topological polar surface area (TPSA) is 106 Å². The average Bonchev–Trinajstić information content (AvgIpc) is 3.01. The molecule has 146 valence electrons. The second kappa shape index (κ2) is 13.7. The van der Waals surface area contributed by atoms with Crippen LogP contribution in [-0.2, 0) is 21.3 Å². The molecule has 1 heterocycles. The third kappa shape index (κ3) is 11.0. The SMILES string of the molecule is CCCCOCCCNC(=NCc1ccc(S(N)(=O)=O)s1)NCC.I. The third-order valence-electron chi connectivity index (χ3n) is 3.05. The fraction of sp³-hybridized carbons (Fsp3) is 0.667. The average molecular weight is 504 g/mol. The molecule has 1 aromatic rings. The number of nitrogens with one attached hydrogen (secondary N) is 2. The third-order valence-corrected chi connectivity index (χ3v) is 5.56. The van der Waals surface area contributed by atoms with Gasteiger partial charge in [-0.05, 0) is 31.9 Å². The first kappa shape index (κ1) is 24.6. The van der Waals surface area contributed by atoms with Gasteiger partial charge in [0.15, 0.2) is 5.96 Å². The van der Waals surface area contributed by atoms with Crippen molar-refractivity contribution in [2.45, 2.75) is 43.9 Å². The first-order chi connectivity index (χ1) is 11.5. The summed E-state index contributed by atoms with van der Waals surface area (Å²) < 4.78 is 28.2. The molecule has 4 N–H and O–H groups in total. The Morgan fingerprint density at radius 3 is 2.56 bits per heavy atom. The molecule has 0 saturated heterocycles. The molecule has 0 atom stereocenters. The van der Waals surface area contributed by atoms with Gasteiger partial charge in [-0.25, -0.2) is 18.5 Å². The van der Waals surface area contributed by atoms with Gasteiger partial charge in [0, 0.05) is 31.2 Å². The minimum absolute atomic E-state index is 0. The Bertz CT molecular complexity index is 606. The molecule has 0 saturated carbocycles. The summed E-state index contributed by atoms with van der Waals surface area (Å²) in [4.78, 5) is 5.30. The fourth-order valence-electron chi connectivity index (χ4n) is 1.82. The lowest BCUT2D eigenvalue weighted by atomic mass is 10.4. The van der Waals surface area contributed by atoms with Crippen LogP contribution >= 0.6 is 35.3 Å². The van der Waals surface area contributed by atoms with Crippen molar-refractivity contribution in [1.29, 1.82) is 0 Å². The number of primary sulfonamides is 1. The number of guanidine groups is 1. The maximum absolute atomic E-state index is 11.3. The van der Waals surface area contributed by atoms with Crippen molar-refractivity contribution in [2.75, 3.05) is 26.3 Å². The number of sulfonamides is 1. The van der Waals surface area contributed by atoms with Crippen LogP contribution in [0.3, 0.4) is 0 Å². The molecule has 7 nitrogen and oxygen atoms in total. The van der Waals surface area contributed by atoms with Crippen molar-refractivity contribution in [3.63, 3.8) is 0 Å². The second-order valence-electron chi connectivity index (χ2n) is 5.21. The number of nitrogens with two attached hydrogens (primary N) is 1. The number of halogens is 1. The van der Waals surface area contributed by atoms with Crippen LogP contribution in [0.1, 0.15) is 38.0 Å². The maximum atomic E-state index is 11.3. The second-order valence-corrected chi connectivity index (χ2v) is 8.16. The van der Waals surface area contributed by atoms with Crippen molar-refractivity contribution >= 4 is 51.3 Å². The molecule has 0 aromatic carbocycles. The van der Waals surface area contributed by atoms with Gasteiger partial charge >= 0.3 is 0 Å².